The highest BCUT2D eigenvalue weighted by molar-refractivity contribution is 5.97. The summed E-state index contributed by atoms with van der Waals surface area (Å²) in [7, 11) is 1.70. The molecule has 1 aliphatic carbocycles. The monoisotopic (exact) mass is 237 g/mol. The number of aromatic nitrogens is 2. The molecule has 17 heavy (non-hydrogen) atoms. The highest BCUT2D eigenvalue weighted by Gasteiger charge is 2.48. The Kier molecular flexibility index (Phi) is 2.65. The van der Waals surface area contributed by atoms with E-state index in [1.807, 2.05) is 0 Å². The van der Waals surface area contributed by atoms with Gasteiger partial charge < -0.3 is 10.4 Å². The van der Waals surface area contributed by atoms with Crippen LogP contribution in [0.3, 0.4) is 0 Å². The van der Waals surface area contributed by atoms with Crippen molar-refractivity contribution in [3.8, 4) is 0 Å². The van der Waals surface area contributed by atoms with Crippen LogP contribution in [0.5, 0.6) is 0 Å². The van der Waals surface area contributed by atoms with E-state index in [1.54, 1.807) is 20.2 Å². The Bertz CT molecular complexity index is 464. The maximum atomic E-state index is 11.9. The fraction of sp³-hybridized carbons (Fsp3) is 0.545. The molecule has 1 heterocycles. The maximum Gasteiger partial charge on any atom is 0.329 e. The van der Waals surface area contributed by atoms with Crippen LogP contribution in [-0.4, -0.2) is 32.3 Å². The zero-order chi connectivity index (χ0) is 12.6. The summed E-state index contributed by atoms with van der Waals surface area (Å²) >= 11 is 0. The molecule has 1 atom stereocenters. The van der Waals surface area contributed by atoms with E-state index in [-0.39, 0.29) is 5.92 Å². The number of carboxylic acid groups (broad SMARTS) is 1. The summed E-state index contributed by atoms with van der Waals surface area (Å²) in [5.41, 5.74) is -0.798. The van der Waals surface area contributed by atoms with E-state index in [2.05, 4.69) is 10.4 Å². The van der Waals surface area contributed by atoms with Crippen molar-refractivity contribution in [1.29, 1.82) is 0 Å². The van der Waals surface area contributed by atoms with Crippen molar-refractivity contribution in [2.45, 2.75) is 25.3 Å². The number of nitrogens with zero attached hydrogens (tertiary/aromatic N) is 2. The molecule has 2 rings (SSSR count). The highest BCUT2D eigenvalue weighted by atomic mass is 16.4. The third-order valence-electron chi connectivity index (χ3n) is 3.18. The fourth-order valence-corrected chi connectivity index (χ4v) is 1.84. The number of nitrogens with one attached hydrogen (secondary N) is 1. The molecule has 92 valence electrons. The van der Waals surface area contributed by atoms with E-state index in [4.69, 9.17) is 0 Å². The van der Waals surface area contributed by atoms with Gasteiger partial charge in [0.15, 0.2) is 0 Å². The first-order valence-corrected chi connectivity index (χ1v) is 5.48. The summed E-state index contributed by atoms with van der Waals surface area (Å²) in [4.78, 5) is 23.1. The highest BCUT2D eigenvalue weighted by Crippen LogP contribution is 2.39. The molecule has 1 aromatic heterocycles. The Morgan fingerprint density at radius 2 is 2.24 bits per heavy atom. The number of hydrogen-bond donors (Lipinski definition) is 2. The first-order valence-electron chi connectivity index (χ1n) is 5.48. The zero-order valence-corrected chi connectivity index (χ0v) is 9.80. The van der Waals surface area contributed by atoms with Crippen LogP contribution in [0.15, 0.2) is 12.4 Å². The Morgan fingerprint density at radius 1 is 1.59 bits per heavy atom. The molecule has 1 aromatic rings. The molecule has 1 saturated carbocycles. The predicted molar refractivity (Wildman–Crippen MR) is 59.4 cm³/mol. The van der Waals surface area contributed by atoms with Crippen LogP contribution in [-0.2, 0) is 11.8 Å². The Hall–Kier alpha value is -1.85. The van der Waals surface area contributed by atoms with E-state index in [0.29, 0.717) is 5.56 Å². The smallest absolute Gasteiger partial charge is 0.329 e. The minimum Gasteiger partial charge on any atom is -0.480 e. The van der Waals surface area contributed by atoms with Gasteiger partial charge in [0, 0.05) is 13.2 Å². The first kappa shape index (κ1) is 11.6. The average Bonchev–Trinajstić information content (AvgIpc) is 3.01. The molecule has 1 amide bonds. The lowest BCUT2D eigenvalue weighted by molar-refractivity contribution is -0.144. The van der Waals surface area contributed by atoms with Crippen LogP contribution in [0.4, 0.5) is 0 Å². The summed E-state index contributed by atoms with van der Waals surface area (Å²) in [6.45, 7) is 1.56. The molecule has 1 unspecified atom stereocenters. The number of rotatable bonds is 4. The van der Waals surface area contributed by atoms with Gasteiger partial charge in [0.25, 0.3) is 5.91 Å². The van der Waals surface area contributed by atoms with E-state index in [1.165, 1.54) is 10.9 Å². The number of aliphatic carboxylic acids is 1. The molecular formula is C11H15N3O3. The topological polar surface area (TPSA) is 84.2 Å². The molecule has 0 saturated heterocycles. The van der Waals surface area contributed by atoms with Crippen LogP contribution in [0, 0.1) is 5.92 Å². The number of carboxylic acids is 1. The summed E-state index contributed by atoms with van der Waals surface area (Å²) in [5.74, 6) is -1.35. The standard InChI is InChI=1S/C11H15N3O3/c1-11(10(16)17,8-3-4-8)13-9(15)7-5-12-14(2)6-7/h5-6,8H,3-4H2,1-2H3,(H,13,15)(H,16,17). The van der Waals surface area contributed by atoms with Crippen molar-refractivity contribution in [3.05, 3.63) is 18.0 Å². The number of hydrogen-bond acceptors (Lipinski definition) is 3. The molecule has 1 aliphatic rings. The molecular weight excluding hydrogens is 222 g/mol. The van der Waals surface area contributed by atoms with Gasteiger partial charge in [-0.2, -0.15) is 5.10 Å². The minimum atomic E-state index is -1.17. The molecule has 6 nitrogen and oxygen atoms in total. The lowest BCUT2D eigenvalue weighted by atomic mass is 9.95. The molecule has 0 spiro atoms. The van der Waals surface area contributed by atoms with Crippen molar-refractivity contribution in [2.75, 3.05) is 0 Å². The van der Waals surface area contributed by atoms with Gasteiger partial charge in [-0.3, -0.25) is 9.48 Å². The van der Waals surface area contributed by atoms with E-state index in [0.717, 1.165) is 12.8 Å². The van der Waals surface area contributed by atoms with Crippen LogP contribution in [0.1, 0.15) is 30.1 Å². The summed E-state index contributed by atoms with van der Waals surface area (Å²) in [6.07, 6.45) is 4.67. The Labute approximate surface area is 98.6 Å². The van der Waals surface area contributed by atoms with Gasteiger partial charge in [-0.25, -0.2) is 4.79 Å². The van der Waals surface area contributed by atoms with Gasteiger partial charge in [0.1, 0.15) is 5.54 Å². The van der Waals surface area contributed by atoms with Gasteiger partial charge in [0.2, 0.25) is 0 Å². The van der Waals surface area contributed by atoms with Crippen molar-refractivity contribution in [1.82, 2.24) is 15.1 Å². The van der Waals surface area contributed by atoms with Gasteiger partial charge in [-0.1, -0.05) is 0 Å². The SMILES string of the molecule is Cn1cc(C(=O)NC(C)(C(=O)O)C2CC2)cn1. The summed E-state index contributed by atoms with van der Waals surface area (Å²) in [6, 6.07) is 0. The summed E-state index contributed by atoms with van der Waals surface area (Å²) in [5, 5.41) is 15.7. The quantitative estimate of drug-likeness (QED) is 0.794. The van der Waals surface area contributed by atoms with Crippen LogP contribution >= 0.6 is 0 Å². The lowest BCUT2D eigenvalue weighted by Crippen LogP contribution is -2.53. The average molecular weight is 237 g/mol. The molecule has 1 fully saturated rings. The third-order valence-corrected chi connectivity index (χ3v) is 3.18. The van der Waals surface area contributed by atoms with Gasteiger partial charge >= 0.3 is 5.97 Å². The van der Waals surface area contributed by atoms with E-state index < -0.39 is 17.4 Å². The van der Waals surface area contributed by atoms with Crippen molar-refractivity contribution in [2.24, 2.45) is 13.0 Å². The Balaban J connectivity index is 2.14. The zero-order valence-electron chi connectivity index (χ0n) is 9.80. The van der Waals surface area contributed by atoms with Gasteiger partial charge in [-0.05, 0) is 25.7 Å². The van der Waals surface area contributed by atoms with Gasteiger partial charge in [0.05, 0.1) is 11.8 Å². The largest absolute Gasteiger partial charge is 0.480 e. The number of amides is 1. The second-order valence-electron chi connectivity index (χ2n) is 4.64. The molecule has 2 N–H and O–H groups in total. The number of aryl methyl sites for hydroxylation is 1. The molecule has 0 aromatic carbocycles. The lowest BCUT2D eigenvalue weighted by Gasteiger charge is -2.25. The predicted octanol–water partition coefficient (Wildman–Crippen LogP) is 0.403. The molecule has 0 radical (unpaired) electrons. The molecule has 0 aliphatic heterocycles. The van der Waals surface area contributed by atoms with Crippen LogP contribution in [0.25, 0.3) is 0 Å². The fourth-order valence-electron chi connectivity index (χ4n) is 1.84. The van der Waals surface area contributed by atoms with Crippen molar-refractivity contribution in [3.63, 3.8) is 0 Å². The van der Waals surface area contributed by atoms with Crippen molar-refractivity contribution >= 4 is 11.9 Å². The van der Waals surface area contributed by atoms with Crippen LogP contribution < -0.4 is 5.32 Å². The van der Waals surface area contributed by atoms with E-state index >= 15 is 0 Å². The normalized spacial score (nSPS) is 18.5. The third kappa shape index (κ3) is 2.15. The van der Waals surface area contributed by atoms with Crippen LogP contribution in [0.2, 0.25) is 0 Å². The number of carbonyl (C=O) groups is 2. The number of carbonyl (C=O) groups excluding carboxylic acids is 1. The van der Waals surface area contributed by atoms with E-state index in [9.17, 15) is 14.7 Å². The van der Waals surface area contributed by atoms with Gasteiger partial charge in [-0.15, -0.1) is 0 Å². The Morgan fingerprint density at radius 3 is 2.65 bits per heavy atom. The molecule has 0 bridgehead atoms. The second kappa shape index (κ2) is 3.87. The van der Waals surface area contributed by atoms with Crippen molar-refractivity contribution < 1.29 is 14.7 Å². The summed E-state index contributed by atoms with van der Waals surface area (Å²) < 4.78 is 1.50. The second-order valence-corrected chi connectivity index (χ2v) is 4.64. The minimum absolute atomic E-state index is 0.0284. The first-order chi connectivity index (χ1) is 7.93. The maximum absolute atomic E-state index is 11.9. The molecule has 6 heteroatoms.